The van der Waals surface area contributed by atoms with E-state index in [0.29, 0.717) is 25.6 Å². The standard InChI is InChI=1S/C23H28FN5O.HI/c1-3-29(16-17-7-5-4-6-8-17)22(30)15-28-23(25-2)26-12-11-18-14-27-21-13-19(24)9-10-20(18)21;/h4-10,13-14,27H,3,11-12,15-16H2,1-2H3,(H2,25,26,28);1H. The number of carbonyl (C=O) groups is 1. The van der Waals surface area contributed by atoms with Crippen LogP contribution < -0.4 is 10.6 Å². The van der Waals surface area contributed by atoms with Crippen LogP contribution in [-0.2, 0) is 17.8 Å². The summed E-state index contributed by atoms with van der Waals surface area (Å²) in [6, 6.07) is 14.7. The number of nitrogens with zero attached hydrogens (tertiary/aromatic N) is 2. The summed E-state index contributed by atoms with van der Waals surface area (Å²) >= 11 is 0. The maximum absolute atomic E-state index is 13.3. The number of likely N-dealkylation sites (N-methyl/N-ethyl adjacent to an activating group) is 1. The number of carbonyl (C=O) groups excluding carboxylic acids is 1. The van der Waals surface area contributed by atoms with Gasteiger partial charge in [0.25, 0.3) is 0 Å². The smallest absolute Gasteiger partial charge is 0.242 e. The van der Waals surface area contributed by atoms with Crippen LogP contribution in [0, 0.1) is 5.82 Å². The SMILES string of the molecule is CCN(Cc1ccccc1)C(=O)CNC(=NC)NCCc1c[nH]c2cc(F)ccc12.I. The molecule has 2 aromatic carbocycles. The lowest BCUT2D eigenvalue weighted by Gasteiger charge is -2.22. The highest BCUT2D eigenvalue weighted by Gasteiger charge is 2.13. The second kappa shape index (κ2) is 12.3. The van der Waals surface area contributed by atoms with Crippen molar-refractivity contribution in [3.8, 4) is 0 Å². The van der Waals surface area contributed by atoms with Gasteiger partial charge in [0.2, 0.25) is 5.91 Å². The molecule has 3 aromatic rings. The third-order valence-electron chi connectivity index (χ3n) is 5.00. The van der Waals surface area contributed by atoms with Crippen molar-refractivity contribution in [3.63, 3.8) is 0 Å². The Labute approximate surface area is 199 Å². The maximum atomic E-state index is 13.3. The first kappa shape index (κ1) is 24.6. The molecule has 0 fully saturated rings. The topological polar surface area (TPSA) is 72.5 Å². The van der Waals surface area contributed by atoms with Crippen LogP contribution in [-0.4, -0.2) is 48.4 Å². The van der Waals surface area contributed by atoms with Crippen molar-refractivity contribution in [1.82, 2.24) is 20.5 Å². The zero-order valence-electron chi connectivity index (χ0n) is 17.8. The average molecular weight is 537 g/mol. The highest BCUT2D eigenvalue weighted by molar-refractivity contribution is 14.0. The van der Waals surface area contributed by atoms with Crippen LogP contribution in [0.4, 0.5) is 4.39 Å². The molecule has 1 heterocycles. The van der Waals surface area contributed by atoms with Gasteiger partial charge in [0.1, 0.15) is 5.82 Å². The minimum Gasteiger partial charge on any atom is -0.361 e. The van der Waals surface area contributed by atoms with Crippen LogP contribution in [0.1, 0.15) is 18.1 Å². The molecule has 1 aromatic heterocycles. The summed E-state index contributed by atoms with van der Waals surface area (Å²) in [7, 11) is 1.68. The van der Waals surface area contributed by atoms with E-state index in [4.69, 9.17) is 0 Å². The predicted molar refractivity (Wildman–Crippen MR) is 134 cm³/mol. The van der Waals surface area contributed by atoms with Crippen LogP contribution in [0.25, 0.3) is 10.9 Å². The fourth-order valence-corrected chi connectivity index (χ4v) is 3.35. The van der Waals surface area contributed by atoms with E-state index in [2.05, 4.69) is 20.6 Å². The van der Waals surface area contributed by atoms with E-state index in [-0.39, 0.29) is 42.2 Å². The highest BCUT2D eigenvalue weighted by atomic mass is 127. The van der Waals surface area contributed by atoms with Crippen molar-refractivity contribution >= 4 is 46.7 Å². The molecular formula is C23H29FIN5O. The first-order valence-corrected chi connectivity index (χ1v) is 10.1. The Balaban J connectivity index is 0.00000341. The molecule has 0 aliphatic heterocycles. The normalized spacial score (nSPS) is 11.1. The number of aromatic amines is 1. The molecule has 0 saturated carbocycles. The number of aromatic nitrogens is 1. The fourth-order valence-electron chi connectivity index (χ4n) is 3.35. The van der Waals surface area contributed by atoms with Gasteiger partial charge in [-0.05, 0) is 42.7 Å². The van der Waals surface area contributed by atoms with E-state index in [0.717, 1.165) is 28.5 Å². The fraction of sp³-hybridized carbons (Fsp3) is 0.304. The molecule has 166 valence electrons. The number of halogens is 2. The Morgan fingerprint density at radius 2 is 1.94 bits per heavy atom. The zero-order chi connectivity index (χ0) is 21.3. The first-order valence-electron chi connectivity index (χ1n) is 10.1. The van der Waals surface area contributed by atoms with Gasteiger partial charge in [-0.25, -0.2) is 4.39 Å². The molecule has 0 bridgehead atoms. The summed E-state index contributed by atoms with van der Waals surface area (Å²) < 4.78 is 13.3. The second-order valence-electron chi connectivity index (χ2n) is 7.00. The Hall–Kier alpha value is -2.62. The number of hydrogen-bond donors (Lipinski definition) is 3. The van der Waals surface area contributed by atoms with Gasteiger partial charge in [-0.3, -0.25) is 9.79 Å². The number of hydrogen-bond acceptors (Lipinski definition) is 2. The highest BCUT2D eigenvalue weighted by Crippen LogP contribution is 2.19. The summed E-state index contributed by atoms with van der Waals surface area (Å²) in [5, 5.41) is 7.32. The van der Waals surface area contributed by atoms with Crippen molar-refractivity contribution in [2.75, 3.05) is 26.7 Å². The summed E-state index contributed by atoms with van der Waals surface area (Å²) in [6.45, 7) is 4.01. The molecule has 3 N–H and O–H groups in total. The summed E-state index contributed by atoms with van der Waals surface area (Å²) in [5.41, 5.74) is 2.99. The number of rotatable bonds is 8. The number of nitrogens with one attached hydrogen (secondary N) is 3. The van der Waals surface area contributed by atoms with Crippen LogP contribution >= 0.6 is 24.0 Å². The van der Waals surface area contributed by atoms with E-state index >= 15 is 0 Å². The van der Waals surface area contributed by atoms with Crippen molar-refractivity contribution < 1.29 is 9.18 Å². The van der Waals surface area contributed by atoms with Gasteiger partial charge in [-0.15, -0.1) is 24.0 Å². The molecule has 3 rings (SSSR count). The Kier molecular flexibility index (Phi) is 9.77. The number of amides is 1. The van der Waals surface area contributed by atoms with E-state index in [9.17, 15) is 9.18 Å². The Bertz CT molecular complexity index is 1010. The van der Waals surface area contributed by atoms with Crippen LogP contribution in [0.15, 0.2) is 59.7 Å². The average Bonchev–Trinajstić information content (AvgIpc) is 3.16. The van der Waals surface area contributed by atoms with E-state index < -0.39 is 0 Å². The molecule has 6 nitrogen and oxygen atoms in total. The molecule has 0 aliphatic rings. The number of fused-ring (bicyclic) bond motifs is 1. The molecule has 0 aliphatic carbocycles. The monoisotopic (exact) mass is 537 g/mol. The number of aliphatic imine (C=N–C) groups is 1. The number of benzene rings is 2. The maximum Gasteiger partial charge on any atom is 0.242 e. The van der Waals surface area contributed by atoms with Gasteiger partial charge in [0, 0.05) is 43.8 Å². The van der Waals surface area contributed by atoms with Gasteiger partial charge in [0.15, 0.2) is 5.96 Å². The lowest BCUT2D eigenvalue weighted by atomic mass is 10.1. The first-order chi connectivity index (χ1) is 14.6. The minimum absolute atomic E-state index is 0. The zero-order valence-corrected chi connectivity index (χ0v) is 20.2. The largest absolute Gasteiger partial charge is 0.361 e. The quantitative estimate of drug-likeness (QED) is 0.233. The number of H-pyrrole nitrogens is 1. The van der Waals surface area contributed by atoms with Crippen LogP contribution in [0.3, 0.4) is 0 Å². The second-order valence-corrected chi connectivity index (χ2v) is 7.00. The van der Waals surface area contributed by atoms with Gasteiger partial charge < -0.3 is 20.5 Å². The van der Waals surface area contributed by atoms with Gasteiger partial charge in [-0.2, -0.15) is 0 Å². The molecule has 0 atom stereocenters. The van der Waals surface area contributed by atoms with Crippen LogP contribution in [0.2, 0.25) is 0 Å². The molecule has 0 spiro atoms. The Morgan fingerprint density at radius 1 is 1.16 bits per heavy atom. The third-order valence-corrected chi connectivity index (χ3v) is 5.00. The molecule has 8 heteroatoms. The van der Waals surface area contributed by atoms with E-state index in [1.807, 2.05) is 43.5 Å². The van der Waals surface area contributed by atoms with E-state index in [1.165, 1.54) is 12.1 Å². The number of guanidine groups is 1. The van der Waals surface area contributed by atoms with E-state index in [1.54, 1.807) is 18.0 Å². The summed E-state index contributed by atoms with van der Waals surface area (Å²) in [5.74, 6) is 0.338. The van der Waals surface area contributed by atoms with Crippen LogP contribution in [0.5, 0.6) is 0 Å². The summed E-state index contributed by atoms with van der Waals surface area (Å²) in [6.07, 6.45) is 2.64. The van der Waals surface area contributed by atoms with Gasteiger partial charge in [-0.1, -0.05) is 30.3 Å². The van der Waals surface area contributed by atoms with Crippen molar-refractivity contribution in [1.29, 1.82) is 0 Å². The third kappa shape index (κ3) is 6.95. The predicted octanol–water partition coefficient (Wildman–Crippen LogP) is 3.68. The molecule has 0 unspecified atom stereocenters. The van der Waals surface area contributed by atoms with Crippen molar-refractivity contribution in [3.05, 3.63) is 71.7 Å². The molecule has 0 saturated heterocycles. The molecular weight excluding hydrogens is 508 g/mol. The lowest BCUT2D eigenvalue weighted by Crippen LogP contribution is -2.44. The molecule has 1 amide bonds. The molecule has 31 heavy (non-hydrogen) atoms. The Morgan fingerprint density at radius 3 is 2.65 bits per heavy atom. The van der Waals surface area contributed by atoms with Gasteiger partial charge >= 0.3 is 0 Å². The minimum atomic E-state index is -0.253. The lowest BCUT2D eigenvalue weighted by molar-refractivity contribution is -0.130. The van der Waals surface area contributed by atoms with Crippen molar-refractivity contribution in [2.45, 2.75) is 19.9 Å². The molecule has 0 radical (unpaired) electrons. The van der Waals surface area contributed by atoms with Gasteiger partial charge in [0.05, 0.1) is 6.54 Å². The van der Waals surface area contributed by atoms with Crippen molar-refractivity contribution in [2.24, 2.45) is 4.99 Å². The summed E-state index contributed by atoms with van der Waals surface area (Å²) in [4.78, 5) is 21.7.